The number of aryl methyl sites for hydroxylation is 1. The molecule has 0 atom stereocenters. The minimum absolute atomic E-state index is 0.111. The van der Waals surface area contributed by atoms with Gasteiger partial charge in [-0.05, 0) is 13.0 Å². The van der Waals surface area contributed by atoms with Crippen molar-refractivity contribution >= 4 is 23.3 Å². The molecule has 0 amide bonds. The van der Waals surface area contributed by atoms with Gasteiger partial charge in [0, 0.05) is 22.8 Å². The molecule has 0 bridgehead atoms. The molecule has 2 rings (SSSR count). The number of fused-ring (bicyclic) bond motifs is 1. The molecule has 0 spiro atoms. The van der Waals surface area contributed by atoms with Crippen LogP contribution in [0.4, 0.5) is 0 Å². The molecule has 0 aromatic carbocycles. The van der Waals surface area contributed by atoms with Crippen LogP contribution in [0.2, 0.25) is 0 Å². The Morgan fingerprint density at radius 3 is 2.93 bits per heavy atom. The highest BCUT2D eigenvalue weighted by Crippen LogP contribution is 2.23. The van der Waals surface area contributed by atoms with Crippen molar-refractivity contribution in [3.05, 3.63) is 29.1 Å². The van der Waals surface area contributed by atoms with Gasteiger partial charge in [-0.2, -0.15) is 0 Å². The molecule has 2 N–H and O–H groups in total. The molecule has 0 unspecified atom stereocenters. The van der Waals surface area contributed by atoms with E-state index in [0.717, 1.165) is 0 Å². The van der Waals surface area contributed by atoms with Crippen molar-refractivity contribution < 1.29 is 14.7 Å². The average molecular weight is 204 g/mol. The molecule has 5 nitrogen and oxygen atoms in total. The molecular weight excluding hydrogens is 196 g/mol. The van der Waals surface area contributed by atoms with Gasteiger partial charge < -0.3 is 10.1 Å². The van der Waals surface area contributed by atoms with Crippen LogP contribution in [-0.4, -0.2) is 27.3 Å². The third-order valence-corrected chi connectivity index (χ3v) is 2.25. The molecular formula is C10H8N2O3. The molecule has 0 aliphatic rings. The van der Waals surface area contributed by atoms with Crippen LogP contribution in [0, 0.1) is 6.92 Å². The zero-order valence-corrected chi connectivity index (χ0v) is 7.94. The van der Waals surface area contributed by atoms with Crippen LogP contribution in [0.15, 0.2) is 12.3 Å². The lowest BCUT2D eigenvalue weighted by molar-refractivity contribution is 0.0698. The number of carbonyl (C=O) groups excluding carboxylic acids is 1. The topological polar surface area (TPSA) is 83.0 Å². The minimum Gasteiger partial charge on any atom is -0.478 e. The number of nitrogens with one attached hydrogen (secondary N) is 1. The van der Waals surface area contributed by atoms with Crippen LogP contribution in [0.25, 0.3) is 11.0 Å². The minimum atomic E-state index is -1.06. The van der Waals surface area contributed by atoms with Gasteiger partial charge in [0.15, 0.2) is 6.29 Å². The van der Waals surface area contributed by atoms with Gasteiger partial charge in [0.2, 0.25) is 0 Å². The zero-order valence-electron chi connectivity index (χ0n) is 7.94. The summed E-state index contributed by atoms with van der Waals surface area (Å²) in [5.41, 5.74) is 1.37. The van der Waals surface area contributed by atoms with E-state index in [2.05, 4.69) is 9.97 Å². The fraction of sp³-hybridized carbons (Fsp3) is 0.100. The molecule has 76 valence electrons. The molecule has 0 saturated carbocycles. The standard InChI is InChI=1S/C10H8N2O3/c1-5-7(10(14)15)8-6(4-13)2-3-11-9(8)12-5/h2-4H,1H3,(H,11,12)(H,14,15). The Morgan fingerprint density at radius 1 is 1.60 bits per heavy atom. The number of nitrogens with zero attached hydrogens (tertiary/aromatic N) is 1. The second-order valence-corrected chi connectivity index (χ2v) is 3.17. The summed E-state index contributed by atoms with van der Waals surface area (Å²) in [6, 6.07) is 1.50. The number of hydrogen-bond acceptors (Lipinski definition) is 3. The summed E-state index contributed by atoms with van der Waals surface area (Å²) in [5.74, 6) is -1.06. The average Bonchev–Trinajstić information content (AvgIpc) is 2.53. The number of hydrogen-bond donors (Lipinski definition) is 2. The van der Waals surface area contributed by atoms with Crippen LogP contribution in [0.5, 0.6) is 0 Å². The maximum Gasteiger partial charge on any atom is 0.338 e. The van der Waals surface area contributed by atoms with Crippen LogP contribution in [-0.2, 0) is 0 Å². The van der Waals surface area contributed by atoms with Crippen LogP contribution < -0.4 is 0 Å². The van der Waals surface area contributed by atoms with Gasteiger partial charge in [-0.3, -0.25) is 4.79 Å². The van der Waals surface area contributed by atoms with Crippen molar-refractivity contribution in [3.63, 3.8) is 0 Å². The fourth-order valence-electron chi connectivity index (χ4n) is 1.63. The summed E-state index contributed by atoms with van der Waals surface area (Å²) in [6.07, 6.45) is 2.09. The Kier molecular flexibility index (Phi) is 2.00. The van der Waals surface area contributed by atoms with Crippen molar-refractivity contribution in [2.24, 2.45) is 0 Å². The van der Waals surface area contributed by atoms with Crippen molar-refractivity contribution in [3.8, 4) is 0 Å². The van der Waals surface area contributed by atoms with E-state index < -0.39 is 5.97 Å². The number of H-pyrrole nitrogens is 1. The van der Waals surface area contributed by atoms with Crippen LogP contribution >= 0.6 is 0 Å². The predicted molar refractivity (Wildman–Crippen MR) is 53.2 cm³/mol. The largest absolute Gasteiger partial charge is 0.478 e. The Balaban J connectivity index is 2.94. The first-order valence-corrected chi connectivity index (χ1v) is 4.31. The third-order valence-electron chi connectivity index (χ3n) is 2.25. The number of rotatable bonds is 2. The molecule has 15 heavy (non-hydrogen) atoms. The lowest BCUT2D eigenvalue weighted by Crippen LogP contribution is -1.98. The van der Waals surface area contributed by atoms with Crippen molar-refractivity contribution in [1.29, 1.82) is 0 Å². The van der Waals surface area contributed by atoms with Gasteiger partial charge in [0.1, 0.15) is 5.65 Å². The highest BCUT2D eigenvalue weighted by molar-refractivity contribution is 6.09. The summed E-state index contributed by atoms with van der Waals surface area (Å²) in [7, 11) is 0. The number of pyridine rings is 1. The number of aromatic carboxylic acids is 1. The van der Waals surface area contributed by atoms with E-state index in [4.69, 9.17) is 5.11 Å². The molecule has 2 aromatic heterocycles. The highest BCUT2D eigenvalue weighted by atomic mass is 16.4. The normalized spacial score (nSPS) is 10.5. The van der Waals surface area contributed by atoms with Gasteiger partial charge in [0.05, 0.1) is 5.56 Å². The summed E-state index contributed by atoms with van der Waals surface area (Å²) < 4.78 is 0. The van der Waals surface area contributed by atoms with E-state index in [1.54, 1.807) is 6.92 Å². The summed E-state index contributed by atoms with van der Waals surface area (Å²) in [4.78, 5) is 28.6. The quantitative estimate of drug-likeness (QED) is 0.724. The van der Waals surface area contributed by atoms with E-state index in [1.165, 1.54) is 12.3 Å². The Bertz CT molecular complexity index is 557. The van der Waals surface area contributed by atoms with Crippen molar-refractivity contribution in [2.75, 3.05) is 0 Å². The molecule has 5 heteroatoms. The smallest absolute Gasteiger partial charge is 0.338 e. The number of aldehydes is 1. The Hall–Kier alpha value is -2.17. The third kappa shape index (κ3) is 1.28. The molecule has 0 fully saturated rings. The summed E-state index contributed by atoms with van der Waals surface area (Å²) >= 11 is 0. The number of carboxylic acids is 1. The van der Waals surface area contributed by atoms with E-state index in [0.29, 0.717) is 28.6 Å². The van der Waals surface area contributed by atoms with Gasteiger partial charge in [-0.25, -0.2) is 9.78 Å². The second kappa shape index (κ2) is 3.20. The highest BCUT2D eigenvalue weighted by Gasteiger charge is 2.18. The Morgan fingerprint density at radius 2 is 2.33 bits per heavy atom. The maximum atomic E-state index is 11.0. The van der Waals surface area contributed by atoms with E-state index >= 15 is 0 Å². The lowest BCUT2D eigenvalue weighted by atomic mass is 10.1. The van der Waals surface area contributed by atoms with Gasteiger partial charge in [0.25, 0.3) is 0 Å². The van der Waals surface area contributed by atoms with E-state index in [1.807, 2.05) is 0 Å². The molecule has 0 saturated heterocycles. The first kappa shape index (κ1) is 9.39. The van der Waals surface area contributed by atoms with Crippen LogP contribution in [0.1, 0.15) is 26.4 Å². The van der Waals surface area contributed by atoms with E-state index in [9.17, 15) is 9.59 Å². The van der Waals surface area contributed by atoms with Crippen molar-refractivity contribution in [2.45, 2.75) is 6.92 Å². The van der Waals surface area contributed by atoms with E-state index in [-0.39, 0.29) is 5.56 Å². The number of aromatic nitrogens is 2. The fourth-order valence-corrected chi connectivity index (χ4v) is 1.63. The van der Waals surface area contributed by atoms with Gasteiger partial charge in [-0.15, -0.1) is 0 Å². The monoisotopic (exact) mass is 204 g/mol. The number of carboxylic acid groups (broad SMARTS) is 1. The molecule has 0 aliphatic heterocycles. The second-order valence-electron chi connectivity index (χ2n) is 3.17. The molecule has 2 aromatic rings. The van der Waals surface area contributed by atoms with Crippen molar-refractivity contribution in [1.82, 2.24) is 9.97 Å². The zero-order chi connectivity index (χ0) is 11.0. The predicted octanol–water partition coefficient (Wildman–Crippen LogP) is 1.38. The van der Waals surface area contributed by atoms with Gasteiger partial charge in [-0.1, -0.05) is 0 Å². The molecule has 2 heterocycles. The molecule has 0 radical (unpaired) electrons. The van der Waals surface area contributed by atoms with Crippen LogP contribution in [0.3, 0.4) is 0 Å². The molecule has 0 aliphatic carbocycles. The SMILES string of the molecule is Cc1[nH]c2nccc(C=O)c2c1C(=O)O. The first-order chi connectivity index (χ1) is 7.15. The summed E-state index contributed by atoms with van der Waals surface area (Å²) in [6.45, 7) is 1.64. The maximum absolute atomic E-state index is 11.0. The number of aromatic amines is 1. The number of carbonyl (C=O) groups is 2. The lowest BCUT2D eigenvalue weighted by Gasteiger charge is -1.95. The Labute approximate surface area is 84.8 Å². The summed E-state index contributed by atoms with van der Waals surface area (Å²) in [5, 5.41) is 9.38. The van der Waals surface area contributed by atoms with Gasteiger partial charge >= 0.3 is 5.97 Å². The first-order valence-electron chi connectivity index (χ1n) is 4.31.